The minimum Gasteiger partial charge on any atom is -0.382 e. The fourth-order valence-corrected chi connectivity index (χ4v) is 4.61. The average molecular weight is 376 g/mol. The summed E-state index contributed by atoms with van der Waals surface area (Å²) >= 11 is 6.47. The highest BCUT2D eigenvalue weighted by Gasteiger charge is 2.37. The summed E-state index contributed by atoms with van der Waals surface area (Å²) in [5, 5.41) is 7.12. The lowest BCUT2D eigenvalue weighted by Crippen LogP contribution is -2.39. The third-order valence-electron chi connectivity index (χ3n) is 5.95. The monoisotopic (exact) mass is 375 g/mol. The van der Waals surface area contributed by atoms with E-state index in [9.17, 15) is 0 Å². The van der Waals surface area contributed by atoms with E-state index in [-0.39, 0.29) is 0 Å². The number of aromatic nitrogens is 4. The Morgan fingerprint density at radius 2 is 1.92 bits per heavy atom. The Morgan fingerprint density at radius 1 is 1.19 bits per heavy atom. The third-order valence-corrected chi connectivity index (χ3v) is 6.34. The van der Waals surface area contributed by atoms with Crippen LogP contribution in [0.3, 0.4) is 0 Å². The molecule has 0 radical (unpaired) electrons. The Bertz CT molecular complexity index is 772. The predicted octanol–water partition coefficient (Wildman–Crippen LogP) is 3.51. The van der Waals surface area contributed by atoms with Gasteiger partial charge in [-0.15, -0.1) is 0 Å². The molecule has 8 heteroatoms. The number of halogens is 1. The summed E-state index contributed by atoms with van der Waals surface area (Å²) in [5.74, 6) is 2.71. The Balaban J connectivity index is 1.52. The summed E-state index contributed by atoms with van der Waals surface area (Å²) in [5.41, 5.74) is 7.46. The van der Waals surface area contributed by atoms with Crippen LogP contribution in [0.4, 0.5) is 17.6 Å². The van der Waals surface area contributed by atoms with Gasteiger partial charge < -0.3 is 21.4 Å². The zero-order chi connectivity index (χ0) is 18.1. The van der Waals surface area contributed by atoms with Crippen molar-refractivity contribution in [1.82, 2.24) is 25.3 Å². The van der Waals surface area contributed by atoms with Gasteiger partial charge in [0.2, 0.25) is 5.95 Å². The highest BCUT2D eigenvalue weighted by molar-refractivity contribution is 6.33. The van der Waals surface area contributed by atoms with Gasteiger partial charge in [-0.3, -0.25) is 0 Å². The molecule has 5 N–H and O–H groups in total. The van der Waals surface area contributed by atoms with E-state index in [1.165, 1.54) is 25.7 Å². The first kappa shape index (κ1) is 17.5. The molecule has 1 aliphatic carbocycles. The summed E-state index contributed by atoms with van der Waals surface area (Å²) < 4.78 is 0. The molecule has 7 nitrogen and oxygen atoms in total. The first-order valence-electron chi connectivity index (χ1n) is 9.37. The second-order valence-electron chi connectivity index (χ2n) is 7.66. The summed E-state index contributed by atoms with van der Waals surface area (Å²) in [6, 6.07) is 0. The zero-order valence-electron chi connectivity index (χ0n) is 15.1. The van der Waals surface area contributed by atoms with Crippen molar-refractivity contribution in [2.24, 2.45) is 5.41 Å². The van der Waals surface area contributed by atoms with Crippen molar-refractivity contribution in [3.63, 3.8) is 0 Å². The van der Waals surface area contributed by atoms with Crippen LogP contribution in [-0.2, 0) is 0 Å². The molecule has 0 unspecified atom stereocenters. The van der Waals surface area contributed by atoms with Gasteiger partial charge in [0.15, 0.2) is 0 Å². The number of hydrogen-bond donors (Lipinski definition) is 4. The maximum atomic E-state index is 6.47. The van der Waals surface area contributed by atoms with E-state index in [1.54, 1.807) is 6.20 Å². The average Bonchev–Trinajstić information content (AvgIpc) is 3.04. The molecule has 0 atom stereocenters. The minimum atomic E-state index is 0.331. The van der Waals surface area contributed by atoms with Crippen molar-refractivity contribution >= 4 is 29.2 Å². The van der Waals surface area contributed by atoms with Crippen LogP contribution in [0.1, 0.15) is 56.0 Å². The number of imidazole rings is 1. The number of nitrogens with one attached hydrogen (secondary N) is 3. The number of aryl methyl sites for hydroxylation is 1. The molecule has 2 aliphatic rings. The highest BCUT2D eigenvalue weighted by atomic mass is 35.5. The van der Waals surface area contributed by atoms with E-state index in [2.05, 4.69) is 25.6 Å². The van der Waals surface area contributed by atoms with Gasteiger partial charge >= 0.3 is 0 Å². The number of aromatic amines is 1. The number of rotatable bonds is 3. The smallest absolute Gasteiger partial charge is 0.230 e. The quantitative estimate of drug-likeness (QED) is 0.654. The van der Waals surface area contributed by atoms with Gasteiger partial charge in [0.25, 0.3) is 0 Å². The number of nitrogens with zero attached hydrogens (tertiary/aromatic N) is 3. The van der Waals surface area contributed by atoms with E-state index in [1.807, 2.05) is 6.92 Å². The van der Waals surface area contributed by atoms with Crippen molar-refractivity contribution in [3.05, 3.63) is 22.7 Å². The first-order chi connectivity index (χ1) is 12.5. The fourth-order valence-electron chi connectivity index (χ4n) is 4.37. The maximum Gasteiger partial charge on any atom is 0.230 e. The molecule has 1 spiro atoms. The maximum absolute atomic E-state index is 6.47. The summed E-state index contributed by atoms with van der Waals surface area (Å²) in [6.07, 6.45) is 8.98. The highest BCUT2D eigenvalue weighted by Crippen LogP contribution is 2.48. The van der Waals surface area contributed by atoms with Gasteiger partial charge in [0.05, 0.1) is 11.9 Å². The second kappa shape index (κ2) is 7.04. The Morgan fingerprint density at radius 3 is 2.58 bits per heavy atom. The lowest BCUT2D eigenvalue weighted by molar-refractivity contribution is 0.122. The Hall–Kier alpha value is -1.86. The molecule has 4 rings (SSSR count). The molecule has 3 heterocycles. The number of nitrogen functional groups attached to an aromatic ring is 1. The summed E-state index contributed by atoms with van der Waals surface area (Å²) in [7, 11) is 0. The van der Waals surface area contributed by atoms with E-state index in [4.69, 9.17) is 22.3 Å². The first-order valence-corrected chi connectivity index (χ1v) is 9.75. The molecule has 0 aromatic carbocycles. The lowest BCUT2D eigenvalue weighted by atomic mass is 9.65. The predicted molar refractivity (Wildman–Crippen MR) is 104 cm³/mol. The van der Waals surface area contributed by atoms with E-state index in [0.29, 0.717) is 28.1 Å². The van der Waals surface area contributed by atoms with Crippen molar-refractivity contribution in [3.8, 4) is 0 Å². The van der Waals surface area contributed by atoms with Crippen molar-refractivity contribution in [2.75, 3.05) is 24.1 Å². The van der Waals surface area contributed by atoms with Crippen molar-refractivity contribution in [1.29, 1.82) is 0 Å². The number of nitrogens with two attached hydrogens (primary N) is 1. The number of anilines is 3. The molecule has 140 valence electrons. The van der Waals surface area contributed by atoms with Crippen LogP contribution in [0, 0.1) is 12.3 Å². The standard InChI is InChI=1S/C18H26ClN7/c1-11-22-10-13(23-11)24-17-25-15(14(19)16(20)26-17)12-2-4-18(5-3-12)6-8-21-9-7-18/h10,12,21H,2-9H2,1H3,(H,22,23)(H3,20,24,25,26). The Kier molecular flexibility index (Phi) is 4.75. The zero-order valence-corrected chi connectivity index (χ0v) is 15.9. The van der Waals surface area contributed by atoms with Crippen LogP contribution in [-0.4, -0.2) is 33.0 Å². The van der Waals surface area contributed by atoms with Crippen LogP contribution in [0.25, 0.3) is 0 Å². The van der Waals surface area contributed by atoms with Crippen LogP contribution >= 0.6 is 11.6 Å². The van der Waals surface area contributed by atoms with Gasteiger partial charge in [-0.2, -0.15) is 4.98 Å². The third kappa shape index (κ3) is 3.50. The Labute approximate surface area is 158 Å². The second-order valence-corrected chi connectivity index (χ2v) is 8.04. The molecule has 1 saturated heterocycles. The van der Waals surface area contributed by atoms with E-state index >= 15 is 0 Å². The molecule has 26 heavy (non-hydrogen) atoms. The van der Waals surface area contributed by atoms with Gasteiger partial charge in [-0.1, -0.05) is 11.6 Å². The largest absolute Gasteiger partial charge is 0.382 e. The molecule has 2 fully saturated rings. The van der Waals surface area contributed by atoms with Crippen LogP contribution in [0.2, 0.25) is 5.02 Å². The van der Waals surface area contributed by atoms with Gasteiger partial charge in [0, 0.05) is 5.92 Å². The van der Waals surface area contributed by atoms with Crippen LogP contribution < -0.4 is 16.4 Å². The topological polar surface area (TPSA) is 105 Å². The molecule has 0 bridgehead atoms. The van der Waals surface area contributed by atoms with E-state index < -0.39 is 0 Å². The normalized spacial score (nSPS) is 20.4. The SMILES string of the molecule is Cc1ncc(Nc2nc(N)c(Cl)c(C3CCC4(CCNCC4)CC3)n2)[nH]1. The summed E-state index contributed by atoms with van der Waals surface area (Å²) in [4.78, 5) is 16.3. The minimum absolute atomic E-state index is 0.331. The fraction of sp³-hybridized carbons (Fsp3) is 0.611. The number of piperidine rings is 1. The van der Waals surface area contributed by atoms with Gasteiger partial charge in [-0.25, -0.2) is 9.97 Å². The van der Waals surface area contributed by atoms with Gasteiger partial charge in [-0.05, 0) is 64.0 Å². The van der Waals surface area contributed by atoms with Crippen molar-refractivity contribution in [2.45, 2.75) is 51.4 Å². The van der Waals surface area contributed by atoms with Crippen LogP contribution in [0.5, 0.6) is 0 Å². The molecular formula is C18H26ClN7. The molecule has 2 aromatic rings. The lowest BCUT2D eigenvalue weighted by Gasteiger charge is -2.43. The molecule has 1 aliphatic heterocycles. The number of H-pyrrole nitrogens is 1. The molecule has 1 saturated carbocycles. The van der Waals surface area contributed by atoms with E-state index in [0.717, 1.165) is 43.3 Å². The summed E-state index contributed by atoms with van der Waals surface area (Å²) in [6.45, 7) is 4.18. The van der Waals surface area contributed by atoms with Gasteiger partial charge in [0.1, 0.15) is 22.5 Å². The van der Waals surface area contributed by atoms with Crippen LogP contribution in [0.15, 0.2) is 6.20 Å². The number of hydrogen-bond acceptors (Lipinski definition) is 6. The molecule has 0 amide bonds. The molecule has 2 aromatic heterocycles. The molecular weight excluding hydrogens is 350 g/mol. The van der Waals surface area contributed by atoms with Crippen molar-refractivity contribution < 1.29 is 0 Å².